The lowest BCUT2D eigenvalue weighted by Crippen LogP contribution is -2.45. The fourth-order valence-corrected chi connectivity index (χ4v) is 2.68. The Morgan fingerprint density at radius 3 is 1.93 bits per heavy atom. The Morgan fingerprint density at radius 1 is 0.857 bits per heavy atom. The van der Waals surface area contributed by atoms with Crippen molar-refractivity contribution < 1.29 is 14.4 Å². The Kier molecular flexibility index (Phi) is 7.71. The van der Waals surface area contributed by atoms with Gasteiger partial charge in [-0.2, -0.15) is 0 Å². The van der Waals surface area contributed by atoms with Crippen molar-refractivity contribution in [2.24, 2.45) is 0 Å². The van der Waals surface area contributed by atoms with E-state index in [-0.39, 0.29) is 24.3 Å². The van der Waals surface area contributed by atoms with E-state index in [1.807, 2.05) is 37.3 Å². The monoisotopic (exact) mass is 382 g/mol. The van der Waals surface area contributed by atoms with Crippen LogP contribution in [0.4, 0.5) is 17.1 Å². The van der Waals surface area contributed by atoms with Gasteiger partial charge in [-0.05, 0) is 49.9 Å². The smallest absolute Gasteiger partial charge is 0.241 e. The summed E-state index contributed by atoms with van der Waals surface area (Å²) in [6.07, 6.45) is 0. The molecule has 3 N–H and O–H groups in total. The number of likely N-dealkylation sites (N-methyl/N-ethyl adjacent to an activating group) is 1. The van der Waals surface area contributed by atoms with Crippen molar-refractivity contribution in [3.63, 3.8) is 0 Å². The van der Waals surface area contributed by atoms with Gasteiger partial charge in [0.05, 0.1) is 12.6 Å². The van der Waals surface area contributed by atoms with Crippen molar-refractivity contribution in [1.82, 2.24) is 4.90 Å². The second-order valence-electron chi connectivity index (χ2n) is 6.40. The SMILES string of the molecule is CCN(CC(=O)Nc1ccc(NC(C)=O)cc1)[C@@H](C)C(=O)Nc1ccccc1. The molecule has 7 nitrogen and oxygen atoms in total. The molecule has 0 aromatic heterocycles. The average Bonchev–Trinajstić information content (AvgIpc) is 2.67. The van der Waals surface area contributed by atoms with Gasteiger partial charge in [0, 0.05) is 24.0 Å². The maximum atomic E-state index is 12.5. The van der Waals surface area contributed by atoms with E-state index in [2.05, 4.69) is 16.0 Å². The first-order chi connectivity index (χ1) is 13.4. The summed E-state index contributed by atoms with van der Waals surface area (Å²) in [4.78, 5) is 37.7. The summed E-state index contributed by atoms with van der Waals surface area (Å²) in [5, 5.41) is 8.33. The third-order valence-corrected chi connectivity index (χ3v) is 4.21. The zero-order valence-corrected chi connectivity index (χ0v) is 16.4. The van der Waals surface area contributed by atoms with Gasteiger partial charge in [0.2, 0.25) is 17.7 Å². The molecule has 0 aliphatic carbocycles. The van der Waals surface area contributed by atoms with E-state index in [1.165, 1.54) is 6.92 Å². The molecule has 0 spiro atoms. The number of nitrogens with zero attached hydrogens (tertiary/aromatic N) is 1. The number of hydrogen-bond donors (Lipinski definition) is 3. The van der Waals surface area contributed by atoms with Crippen LogP contribution < -0.4 is 16.0 Å². The molecule has 0 saturated carbocycles. The number of benzene rings is 2. The molecular formula is C21H26N4O3. The second-order valence-corrected chi connectivity index (χ2v) is 6.40. The molecule has 3 amide bonds. The standard InChI is InChI=1S/C21H26N4O3/c1-4-25(15(2)21(28)24-17-8-6-5-7-9-17)14-20(27)23-19-12-10-18(11-13-19)22-16(3)26/h5-13,15H,4,14H2,1-3H3,(H,22,26)(H,23,27)(H,24,28)/t15-/m0/s1. The Bertz CT molecular complexity index is 806. The van der Waals surface area contributed by atoms with Gasteiger partial charge in [0.1, 0.15) is 0 Å². The number of hydrogen-bond acceptors (Lipinski definition) is 4. The highest BCUT2D eigenvalue weighted by Crippen LogP contribution is 2.14. The molecule has 0 radical (unpaired) electrons. The molecule has 0 saturated heterocycles. The lowest BCUT2D eigenvalue weighted by molar-refractivity contribution is -0.123. The van der Waals surface area contributed by atoms with Gasteiger partial charge in [-0.15, -0.1) is 0 Å². The van der Waals surface area contributed by atoms with Crippen LogP contribution in [0.1, 0.15) is 20.8 Å². The largest absolute Gasteiger partial charge is 0.326 e. The summed E-state index contributed by atoms with van der Waals surface area (Å²) in [5.41, 5.74) is 2.00. The zero-order chi connectivity index (χ0) is 20.5. The van der Waals surface area contributed by atoms with E-state index in [0.29, 0.717) is 17.9 Å². The number of nitrogens with one attached hydrogen (secondary N) is 3. The van der Waals surface area contributed by atoms with Gasteiger partial charge in [-0.1, -0.05) is 25.1 Å². The highest BCUT2D eigenvalue weighted by molar-refractivity contribution is 5.96. The molecule has 0 unspecified atom stereocenters. The Labute approximate surface area is 165 Å². The van der Waals surface area contributed by atoms with Gasteiger partial charge in [-0.25, -0.2) is 0 Å². The molecule has 1 atom stereocenters. The fourth-order valence-electron chi connectivity index (χ4n) is 2.68. The summed E-state index contributed by atoms with van der Waals surface area (Å²) in [6, 6.07) is 15.6. The average molecular weight is 382 g/mol. The van der Waals surface area contributed by atoms with Crippen molar-refractivity contribution in [3.8, 4) is 0 Å². The summed E-state index contributed by atoms with van der Waals surface area (Å²) in [5.74, 6) is -0.535. The quantitative estimate of drug-likeness (QED) is 0.655. The van der Waals surface area contributed by atoms with Gasteiger partial charge in [0.15, 0.2) is 0 Å². The van der Waals surface area contributed by atoms with Gasteiger partial charge < -0.3 is 16.0 Å². The molecular weight excluding hydrogens is 356 g/mol. The number of carbonyl (C=O) groups is 3. The van der Waals surface area contributed by atoms with E-state index in [0.717, 1.165) is 5.69 Å². The summed E-state index contributed by atoms with van der Waals surface area (Å²) < 4.78 is 0. The van der Waals surface area contributed by atoms with Crippen molar-refractivity contribution in [2.45, 2.75) is 26.8 Å². The molecule has 0 bridgehead atoms. The van der Waals surface area contributed by atoms with Crippen molar-refractivity contribution >= 4 is 34.8 Å². The molecule has 0 aliphatic rings. The first-order valence-electron chi connectivity index (χ1n) is 9.16. The van der Waals surface area contributed by atoms with Gasteiger partial charge in [0.25, 0.3) is 0 Å². The molecule has 28 heavy (non-hydrogen) atoms. The second kappa shape index (κ2) is 10.2. The maximum absolute atomic E-state index is 12.5. The maximum Gasteiger partial charge on any atom is 0.241 e. The number of amides is 3. The number of rotatable bonds is 8. The normalized spacial score (nSPS) is 11.6. The van der Waals surface area contributed by atoms with Crippen LogP contribution >= 0.6 is 0 Å². The lowest BCUT2D eigenvalue weighted by atomic mass is 10.2. The van der Waals surface area contributed by atoms with Crippen LogP contribution in [-0.4, -0.2) is 41.8 Å². The third kappa shape index (κ3) is 6.51. The molecule has 2 rings (SSSR count). The molecule has 0 heterocycles. The summed E-state index contributed by atoms with van der Waals surface area (Å²) in [7, 11) is 0. The highest BCUT2D eigenvalue weighted by Gasteiger charge is 2.22. The molecule has 148 valence electrons. The van der Waals surface area contributed by atoms with Crippen LogP contribution in [0.2, 0.25) is 0 Å². The predicted molar refractivity (Wildman–Crippen MR) is 111 cm³/mol. The van der Waals surface area contributed by atoms with Crippen LogP contribution in [0.5, 0.6) is 0 Å². The third-order valence-electron chi connectivity index (χ3n) is 4.21. The van der Waals surface area contributed by atoms with E-state index in [1.54, 1.807) is 36.1 Å². The van der Waals surface area contributed by atoms with E-state index >= 15 is 0 Å². The summed E-state index contributed by atoms with van der Waals surface area (Å²) in [6.45, 7) is 5.76. The molecule has 0 fully saturated rings. The number of anilines is 3. The summed E-state index contributed by atoms with van der Waals surface area (Å²) >= 11 is 0. The van der Waals surface area contributed by atoms with E-state index < -0.39 is 6.04 Å². The van der Waals surface area contributed by atoms with Crippen molar-refractivity contribution in [2.75, 3.05) is 29.0 Å². The van der Waals surface area contributed by atoms with Crippen LogP contribution in [-0.2, 0) is 14.4 Å². The van der Waals surface area contributed by atoms with Crippen molar-refractivity contribution in [3.05, 3.63) is 54.6 Å². The topological polar surface area (TPSA) is 90.5 Å². The van der Waals surface area contributed by atoms with Gasteiger partial charge in [-0.3, -0.25) is 19.3 Å². The lowest BCUT2D eigenvalue weighted by Gasteiger charge is -2.26. The zero-order valence-electron chi connectivity index (χ0n) is 16.4. The van der Waals surface area contributed by atoms with Crippen LogP contribution in [0, 0.1) is 0 Å². The van der Waals surface area contributed by atoms with Crippen LogP contribution in [0.3, 0.4) is 0 Å². The van der Waals surface area contributed by atoms with E-state index in [9.17, 15) is 14.4 Å². The van der Waals surface area contributed by atoms with Gasteiger partial charge >= 0.3 is 0 Å². The fraction of sp³-hybridized carbons (Fsp3) is 0.286. The molecule has 2 aromatic carbocycles. The molecule has 0 aliphatic heterocycles. The van der Waals surface area contributed by atoms with Crippen LogP contribution in [0.25, 0.3) is 0 Å². The minimum absolute atomic E-state index is 0.0906. The molecule has 2 aromatic rings. The minimum Gasteiger partial charge on any atom is -0.326 e. The Hall–Kier alpha value is -3.19. The Balaban J connectivity index is 1.90. The molecule has 7 heteroatoms. The van der Waals surface area contributed by atoms with E-state index in [4.69, 9.17) is 0 Å². The Morgan fingerprint density at radius 2 is 1.39 bits per heavy atom. The predicted octanol–water partition coefficient (Wildman–Crippen LogP) is 2.93. The van der Waals surface area contributed by atoms with Crippen molar-refractivity contribution in [1.29, 1.82) is 0 Å². The minimum atomic E-state index is -0.460. The first kappa shape index (κ1) is 21.1. The number of para-hydroxylation sites is 1. The first-order valence-corrected chi connectivity index (χ1v) is 9.16. The van der Waals surface area contributed by atoms with Crippen LogP contribution in [0.15, 0.2) is 54.6 Å². The number of carbonyl (C=O) groups excluding carboxylic acids is 3. The highest BCUT2D eigenvalue weighted by atomic mass is 16.2.